The molecule has 0 aromatic heterocycles. The highest BCUT2D eigenvalue weighted by atomic mass is 16.5. The minimum Gasteiger partial charge on any atom is -0.481 e. The second-order valence-corrected chi connectivity index (χ2v) is 4.35. The van der Waals surface area contributed by atoms with Crippen LogP contribution in [0.1, 0.15) is 25.8 Å². The number of amides is 1. The lowest BCUT2D eigenvalue weighted by molar-refractivity contribution is -0.126. The number of ether oxygens (including phenoxy) is 1. The Morgan fingerprint density at radius 1 is 1.42 bits per heavy atom. The van der Waals surface area contributed by atoms with E-state index in [0.29, 0.717) is 17.9 Å². The van der Waals surface area contributed by atoms with Crippen LogP contribution in [0.2, 0.25) is 0 Å². The van der Waals surface area contributed by atoms with Gasteiger partial charge in [0.1, 0.15) is 5.75 Å². The fourth-order valence-corrected chi connectivity index (χ4v) is 1.57. The van der Waals surface area contributed by atoms with Crippen LogP contribution in [0.3, 0.4) is 0 Å². The SMILES string of the molecule is CNC(=O)C(C)Oc1ccc(CC/C(C)=N/O)cc1. The third-order valence-corrected chi connectivity index (χ3v) is 2.80. The summed E-state index contributed by atoms with van der Waals surface area (Å²) in [7, 11) is 1.58. The fraction of sp³-hybridized carbons (Fsp3) is 0.429. The van der Waals surface area contributed by atoms with E-state index < -0.39 is 6.10 Å². The Labute approximate surface area is 113 Å². The van der Waals surface area contributed by atoms with Crippen molar-refractivity contribution >= 4 is 11.6 Å². The van der Waals surface area contributed by atoms with Crippen molar-refractivity contribution in [2.24, 2.45) is 5.16 Å². The van der Waals surface area contributed by atoms with Crippen LogP contribution in [0.25, 0.3) is 0 Å². The first-order chi connectivity index (χ1) is 9.06. The normalized spacial score (nSPS) is 12.9. The number of nitrogens with one attached hydrogen (secondary N) is 1. The van der Waals surface area contributed by atoms with Gasteiger partial charge in [0.05, 0.1) is 5.71 Å². The summed E-state index contributed by atoms with van der Waals surface area (Å²) in [6, 6.07) is 7.55. The van der Waals surface area contributed by atoms with E-state index in [2.05, 4.69) is 10.5 Å². The van der Waals surface area contributed by atoms with E-state index >= 15 is 0 Å². The Morgan fingerprint density at radius 3 is 2.58 bits per heavy atom. The molecule has 1 rings (SSSR count). The Balaban J connectivity index is 2.54. The molecule has 5 heteroatoms. The minimum absolute atomic E-state index is 0.154. The van der Waals surface area contributed by atoms with E-state index in [9.17, 15) is 4.79 Å². The average molecular weight is 264 g/mol. The molecule has 0 saturated carbocycles. The number of carbonyl (C=O) groups excluding carboxylic acids is 1. The predicted octanol–water partition coefficient (Wildman–Crippen LogP) is 1.98. The number of aryl methyl sites for hydroxylation is 1. The first-order valence-electron chi connectivity index (χ1n) is 6.21. The van der Waals surface area contributed by atoms with Gasteiger partial charge in [-0.05, 0) is 44.4 Å². The van der Waals surface area contributed by atoms with Gasteiger partial charge in [-0.2, -0.15) is 0 Å². The monoisotopic (exact) mass is 264 g/mol. The van der Waals surface area contributed by atoms with Crippen molar-refractivity contribution in [2.45, 2.75) is 32.8 Å². The quantitative estimate of drug-likeness (QED) is 0.469. The Hall–Kier alpha value is -2.04. The van der Waals surface area contributed by atoms with Crippen LogP contribution in [-0.4, -0.2) is 30.0 Å². The highest BCUT2D eigenvalue weighted by Gasteiger charge is 2.12. The number of benzene rings is 1. The van der Waals surface area contributed by atoms with Gasteiger partial charge in [0.15, 0.2) is 6.10 Å². The lowest BCUT2D eigenvalue weighted by atomic mass is 10.1. The van der Waals surface area contributed by atoms with Gasteiger partial charge in [0, 0.05) is 7.05 Å². The first kappa shape index (κ1) is 15.0. The molecule has 1 aromatic carbocycles. The zero-order valence-electron chi connectivity index (χ0n) is 11.5. The summed E-state index contributed by atoms with van der Waals surface area (Å²) in [5.41, 5.74) is 1.83. The lowest BCUT2D eigenvalue weighted by Crippen LogP contribution is -2.33. The van der Waals surface area contributed by atoms with Gasteiger partial charge in [-0.15, -0.1) is 0 Å². The molecule has 104 valence electrons. The lowest BCUT2D eigenvalue weighted by Gasteiger charge is -2.13. The van der Waals surface area contributed by atoms with Crippen LogP contribution in [0.5, 0.6) is 5.75 Å². The summed E-state index contributed by atoms with van der Waals surface area (Å²) in [6.07, 6.45) is 1.01. The summed E-state index contributed by atoms with van der Waals surface area (Å²) >= 11 is 0. The molecule has 0 aliphatic rings. The number of hydrogen-bond donors (Lipinski definition) is 2. The number of nitrogens with zero attached hydrogens (tertiary/aromatic N) is 1. The standard InChI is InChI=1S/C14H20N2O3/c1-10(16-18)4-5-12-6-8-13(9-7-12)19-11(2)14(17)15-3/h6-9,11,18H,4-5H2,1-3H3,(H,15,17)/b16-10+. The van der Waals surface area contributed by atoms with Gasteiger partial charge in [-0.3, -0.25) is 4.79 Å². The smallest absolute Gasteiger partial charge is 0.260 e. The molecular weight excluding hydrogens is 244 g/mol. The van der Waals surface area contributed by atoms with Gasteiger partial charge in [0.25, 0.3) is 5.91 Å². The summed E-state index contributed by atoms with van der Waals surface area (Å²) in [4.78, 5) is 11.3. The summed E-state index contributed by atoms with van der Waals surface area (Å²) < 4.78 is 5.49. The second-order valence-electron chi connectivity index (χ2n) is 4.35. The molecular formula is C14H20N2O3. The molecule has 0 spiro atoms. The number of oxime groups is 1. The molecule has 0 fully saturated rings. The number of likely N-dealkylation sites (N-methyl/N-ethyl adjacent to an activating group) is 1. The van der Waals surface area contributed by atoms with Gasteiger partial charge in [-0.1, -0.05) is 17.3 Å². The molecule has 2 N–H and O–H groups in total. The van der Waals surface area contributed by atoms with Crippen molar-refractivity contribution in [3.8, 4) is 5.75 Å². The molecule has 5 nitrogen and oxygen atoms in total. The van der Waals surface area contributed by atoms with E-state index in [1.807, 2.05) is 24.3 Å². The third kappa shape index (κ3) is 4.99. The van der Waals surface area contributed by atoms with E-state index in [1.54, 1.807) is 20.9 Å². The predicted molar refractivity (Wildman–Crippen MR) is 73.8 cm³/mol. The van der Waals surface area contributed by atoms with Crippen molar-refractivity contribution in [1.29, 1.82) is 0 Å². The summed E-state index contributed by atoms with van der Waals surface area (Å²) in [5, 5.41) is 14.2. The van der Waals surface area contributed by atoms with Gasteiger partial charge < -0.3 is 15.3 Å². The molecule has 0 aliphatic heterocycles. The maximum absolute atomic E-state index is 11.3. The molecule has 19 heavy (non-hydrogen) atoms. The van der Waals surface area contributed by atoms with Crippen LogP contribution in [-0.2, 0) is 11.2 Å². The molecule has 0 heterocycles. The van der Waals surface area contributed by atoms with Crippen molar-refractivity contribution in [3.05, 3.63) is 29.8 Å². The third-order valence-electron chi connectivity index (χ3n) is 2.80. The second kappa shape index (κ2) is 7.41. The molecule has 0 radical (unpaired) electrons. The average Bonchev–Trinajstić information content (AvgIpc) is 2.45. The van der Waals surface area contributed by atoms with E-state index in [4.69, 9.17) is 9.94 Å². The van der Waals surface area contributed by atoms with Crippen LogP contribution in [0.15, 0.2) is 29.4 Å². The van der Waals surface area contributed by atoms with Crippen LogP contribution < -0.4 is 10.1 Å². The molecule has 0 aliphatic carbocycles. The number of rotatable bonds is 6. The fourth-order valence-electron chi connectivity index (χ4n) is 1.57. The van der Waals surface area contributed by atoms with E-state index in [1.165, 1.54) is 0 Å². The molecule has 1 amide bonds. The number of hydrogen-bond acceptors (Lipinski definition) is 4. The van der Waals surface area contributed by atoms with Crippen molar-refractivity contribution in [2.75, 3.05) is 7.05 Å². The van der Waals surface area contributed by atoms with Crippen LogP contribution in [0.4, 0.5) is 0 Å². The minimum atomic E-state index is -0.514. The van der Waals surface area contributed by atoms with Crippen molar-refractivity contribution in [1.82, 2.24) is 5.32 Å². The Morgan fingerprint density at radius 2 is 2.05 bits per heavy atom. The van der Waals surface area contributed by atoms with E-state index in [-0.39, 0.29) is 5.91 Å². The van der Waals surface area contributed by atoms with Crippen molar-refractivity contribution < 1.29 is 14.7 Å². The maximum Gasteiger partial charge on any atom is 0.260 e. The van der Waals surface area contributed by atoms with Crippen molar-refractivity contribution in [3.63, 3.8) is 0 Å². The summed E-state index contributed by atoms with van der Waals surface area (Å²) in [5.74, 6) is 0.506. The molecule has 0 bridgehead atoms. The van der Waals surface area contributed by atoms with Gasteiger partial charge >= 0.3 is 0 Å². The van der Waals surface area contributed by atoms with E-state index in [0.717, 1.165) is 12.0 Å². The molecule has 1 unspecified atom stereocenters. The highest BCUT2D eigenvalue weighted by molar-refractivity contribution is 5.81. The number of carbonyl (C=O) groups is 1. The maximum atomic E-state index is 11.3. The molecule has 1 atom stereocenters. The highest BCUT2D eigenvalue weighted by Crippen LogP contribution is 2.15. The van der Waals surface area contributed by atoms with Gasteiger partial charge in [0.2, 0.25) is 0 Å². The molecule has 1 aromatic rings. The van der Waals surface area contributed by atoms with Gasteiger partial charge in [-0.25, -0.2) is 0 Å². The van der Waals surface area contributed by atoms with Crippen LogP contribution >= 0.6 is 0 Å². The first-order valence-corrected chi connectivity index (χ1v) is 6.21. The topological polar surface area (TPSA) is 70.9 Å². The summed E-state index contributed by atoms with van der Waals surface area (Å²) in [6.45, 7) is 3.48. The Bertz CT molecular complexity index is 441. The largest absolute Gasteiger partial charge is 0.481 e. The van der Waals surface area contributed by atoms with Crippen LogP contribution in [0, 0.1) is 0 Å². The zero-order chi connectivity index (χ0) is 14.3. The molecule has 0 saturated heterocycles. The Kier molecular flexibility index (Phi) is 5.85. The zero-order valence-corrected chi connectivity index (χ0v) is 11.5.